The lowest BCUT2D eigenvalue weighted by molar-refractivity contribution is 0.669. The molecule has 0 amide bonds. The standard InChI is InChI=1S/C52H34N2O/c1-3-12-35(13-4-1)36-22-24-37(25-23-36)38-26-28-41(29-27-38)54(42-30-31-44-43-17-8-10-21-50(43)55-51(44)32-42)48-20-11-16-40-34-53-47-19-9-7-18-45(47)52(49(53)33-46(40)48)39-14-5-2-6-15-39/h1-34H. The SMILES string of the molecule is c1ccc(-c2ccc(-c3ccc(N(c4ccc5c(c4)oc4ccccc45)c4cccc5cn6c(cc45)c(-c4ccccc4)c4ccccc46)cc3)cc2)cc1. The summed E-state index contributed by atoms with van der Waals surface area (Å²) in [5.74, 6) is 0. The first-order valence-corrected chi connectivity index (χ1v) is 18.8. The summed E-state index contributed by atoms with van der Waals surface area (Å²) in [6.45, 7) is 0. The molecule has 8 aromatic carbocycles. The largest absolute Gasteiger partial charge is 0.456 e. The summed E-state index contributed by atoms with van der Waals surface area (Å²) >= 11 is 0. The van der Waals surface area contributed by atoms with Gasteiger partial charge in [0.2, 0.25) is 0 Å². The van der Waals surface area contributed by atoms with Gasteiger partial charge < -0.3 is 13.7 Å². The second-order valence-corrected chi connectivity index (χ2v) is 14.2. The van der Waals surface area contributed by atoms with Gasteiger partial charge in [-0.1, -0.05) is 146 Å². The minimum absolute atomic E-state index is 0.866. The fourth-order valence-electron chi connectivity index (χ4n) is 8.35. The van der Waals surface area contributed by atoms with Crippen molar-refractivity contribution in [3.63, 3.8) is 0 Å². The summed E-state index contributed by atoms with van der Waals surface area (Å²) in [5, 5.41) is 5.81. The first kappa shape index (κ1) is 31.2. The monoisotopic (exact) mass is 702 g/mol. The van der Waals surface area contributed by atoms with Crippen molar-refractivity contribution in [2.45, 2.75) is 0 Å². The van der Waals surface area contributed by atoms with E-state index in [1.165, 1.54) is 55.2 Å². The molecule has 0 unspecified atom stereocenters. The number of hydrogen-bond acceptors (Lipinski definition) is 2. The van der Waals surface area contributed by atoms with Crippen molar-refractivity contribution >= 4 is 66.2 Å². The quantitative estimate of drug-likeness (QED) is 0.172. The summed E-state index contributed by atoms with van der Waals surface area (Å²) in [5.41, 5.74) is 14.6. The van der Waals surface area contributed by atoms with Crippen molar-refractivity contribution < 1.29 is 4.42 Å². The zero-order valence-corrected chi connectivity index (χ0v) is 29.9. The van der Waals surface area contributed by atoms with E-state index in [0.717, 1.165) is 44.4 Å². The first-order valence-electron chi connectivity index (χ1n) is 18.8. The number of para-hydroxylation sites is 2. The molecule has 3 nitrogen and oxygen atoms in total. The van der Waals surface area contributed by atoms with Crippen LogP contribution in [-0.4, -0.2) is 4.40 Å². The van der Waals surface area contributed by atoms with Crippen molar-refractivity contribution in [3.05, 3.63) is 206 Å². The molecule has 0 fully saturated rings. The number of hydrogen-bond donors (Lipinski definition) is 0. The van der Waals surface area contributed by atoms with Crippen LogP contribution in [0.25, 0.3) is 82.5 Å². The molecule has 0 saturated carbocycles. The van der Waals surface area contributed by atoms with Gasteiger partial charge >= 0.3 is 0 Å². The highest BCUT2D eigenvalue weighted by Gasteiger charge is 2.20. The lowest BCUT2D eigenvalue weighted by Crippen LogP contribution is -2.10. The van der Waals surface area contributed by atoms with E-state index < -0.39 is 0 Å². The number of fused-ring (bicyclic) bond motifs is 7. The second-order valence-electron chi connectivity index (χ2n) is 14.2. The summed E-state index contributed by atoms with van der Waals surface area (Å²) < 4.78 is 8.80. The Balaban J connectivity index is 1.10. The minimum Gasteiger partial charge on any atom is -0.456 e. The molecule has 0 aliphatic rings. The predicted molar refractivity (Wildman–Crippen MR) is 231 cm³/mol. The van der Waals surface area contributed by atoms with Gasteiger partial charge in [-0.05, 0) is 76.3 Å². The van der Waals surface area contributed by atoms with Crippen molar-refractivity contribution in [2.75, 3.05) is 4.90 Å². The summed E-state index contributed by atoms with van der Waals surface area (Å²) in [7, 11) is 0. The second kappa shape index (κ2) is 12.6. The van der Waals surface area contributed by atoms with Crippen LogP contribution in [0.3, 0.4) is 0 Å². The van der Waals surface area contributed by atoms with Crippen molar-refractivity contribution in [3.8, 4) is 33.4 Å². The number of nitrogens with zero attached hydrogens (tertiary/aromatic N) is 2. The molecule has 11 aromatic rings. The Morgan fingerprint density at radius 3 is 1.69 bits per heavy atom. The fourth-order valence-corrected chi connectivity index (χ4v) is 8.35. The number of rotatable bonds is 6. The highest BCUT2D eigenvalue weighted by Crippen LogP contribution is 2.44. The van der Waals surface area contributed by atoms with E-state index in [9.17, 15) is 0 Å². The number of aromatic nitrogens is 1. The highest BCUT2D eigenvalue weighted by molar-refractivity contribution is 6.11. The maximum Gasteiger partial charge on any atom is 0.137 e. The Morgan fingerprint density at radius 2 is 0.945 bits per heavy atom. The van der Waals surface area contributed by atoms with Gasteiger partial charge in [-0.15, -0.1) is 0 Å². The average molecular weight is 703 g/mol. The minimum atomic E-state index is 0.866. The maximum absolute atomic E-state index is 6.45. The summed E-state index contributed by atoms with van der Waals surface area (Å²) in [6, 6.07) is 71.7. The van der Waals surface area contributed by atoms with Gasteiger partial charge in [0, 0.05) is 56.1 Å². The van der Waals surface area contributed by atoms with Gasteiger partial charge in [-0.25, -0.2) is 0 Å². The van der Waals surface area contributed by atoms with Gasteiger partial charge in [0.05, 0.1) is 16.7 Å². The topological polar surface area (TPSA) is 20.8 Å². The van der Waals surface area contributed by atoms with E-state index in [0.29, 0.717) is 0 Å². The molecule has 3 heteroatoms. The van der Waals surface area contributed by atoms with Crippen LogP contribution >= 0.6 is 0 Å². The molecule has 0 spiro atoms. The van der Waals surface area contributed by atoms with Crippen molar-refractivity contribution in [1.82, 2.24) is 4.40 Å². The average Bonchev–Trinajstić information content (AvgIpc) is 3.79. The Kier molecular flexibility index (Phi) is 7.17. The number of furan rings is 1. The molecule has 0 saturated heterocycles. The number of anilines is 3. The van der Waals surface area contributed by atoms with Crippen molar-refractivity contribution in [1.29, 1.82) is 0 Å². The lowest BCUT2D eigenvalue weighted by Gasteiger charge is -2.27. The number of pyridine rings is 1. The summed E-state index contributed by atoms with van der Waals surface area (Å²) in [6.07, 6.45) is 2.30. The van der Waals surface area contributed by atoms with Crippen LogP contribution in [0.2, 0.25) is 0 Å². The van der Waals surface area contributed by atoms with Gasteiger partial charge in [0.1, 0.15) is 11.2 Å². The van der Waals surface area contributed by atoms with Crippen LogP contribution in [0.1, 0.15) is 0 Å². The molecule has 0 bridgehead atoms. The molecule has 0 aliphatic heterocycles. The third-order valence-corrected chi connectivity index (χ3v) is 11.0. The molecule has 0 N–H and O–H groups in total. The maximum atomic E-state index is 6.45. The Hall–Kier alpha value is -7.36. The lowest BCUT2D eigenvalue weighted by atomic mass is 9.99. The van der Waals surface area contributed by atoms with Crippen LogP contribution in [-0.2, 0) is 0 Å². The molecule has 0 radical (unpaired) electrons. The van der Waals surface area contributed by atoms with Crippen LogP contribution < -0.4 is 4.90 Å². The normalized spacial score (nSPS) is 11.6. The van der Waals surface area contributed by atoms with Gasteiger partial charge in [-0.2, -0.15) is 0 Å². The van der Waals surface area contributed by atoms with E-state index >= 15 is 0 Å². The van der Waals surface area contributed by atoms with Crippen LogP contribution in [0.5, 0.6) is 0 Å². The Labute approximate surface area is 318 Å². The van der Waals surface area contributed by atoms with E-state index in [-0.39, 0.29) is 0 Å². The molecule has 0 atom stereocenters. The molecule has 0 aliphatic carbocycles. The molecule has 258 valence electrons. The smallest absolute Gasteiger partial charge is 0.137 e. The summed E-state index contributed by atoms with van der Waals surface area (Å²) in [4.78, 5) is 2.37. The number of benzene rings is 8. The molecule has 3 aromatic heterocycles. The van der Waals surface area contributed by atoms with Crippen LogP contribution in [0.15, 0.2) is 211 Å². The van der Waals surface area contributed by atoms with E-state index in [1.54, 1.807) is 0 Å². The predicted octanol–water partition coefficient (Wildman–Crippen LogP) is 14.6. The van der Waals surface area contributed by atoms with E-state index in [4.69, 9.17) is 4.42 Å². The zero-order chi connectivity index (χ0) is 36.3. The molecular weight excluding hydrogens is 669 g/mol. The molecule has 11 rings (SSSR count). The third kappa shape index (κ3) is 5.20. The van der Waals surface area contributed by atoms with Gasteiger partial charge in [-0.3, -0.25) is 0 Å². The van der Waals surface area contributed by atoms with Gasteiger partial charge in [0.25, 0.3) is 0 Å². The Bertz CT molecular complexity index is 3180. The van der Waals surface area contributed by atoms with Crippen molar-refractivity contribution in [2.24, 2.45) is 0 Å². The molecule has 3 heterocycles. The Morgan fingerprint density at radius 1 is 0.364 bits per heavy atom. The van der Waals surface area contributed by atoms with Gasteiger partial charge in [0.15, 0.2) is 0 Å². The van der Waals surface area contributed by atoms with Crippen LogP contribution in [0, 0.1) is 0 Å². The first-order chi connectivity index (χ1) is 27.3. The van der Waals surface area contributed by atoms with E-state index in [2.05, 4.69) is 204 Å². The fraction of sp³-hybridized carbons (Fsp3) is 0. The van der Waals surface area contributed by atoms with Crippen LogP contribution in [0.4, 0.5) is 17.1 Å². The molecule has 55 heavy (non-hydrogen) atoms. The van der Waals surface area contributed by atoms with E-state index in [1.807, 2.05) is 12.1 Å². The third-order valence-electron chi connectivity index (χ3n) is 11.0. The highest BCUT2D eigenvalue weighted by atomic mass is 16.3. The molecular formula is C52H34N2O. The zero-order valence-electron chi connectivity index (χ0n) is 29.9.